The van der Waals surface area contributed by atoms with Gasteiger partial charge >= 0.3 is 0 Å². The number of phenolic OH excluding ortho intramolecular Hbond substituents is 1. The molecule has 16 heavy (non-hydrogen) atoms. The van der Waals surface area contributed by atoms with Gasteiger partial charge in [-0.05, 0) is 37.7 Å². The maximum absolute atomic E-state index is 9.93. The lowest BCUT2D eigenvalue weighted by Crippen LogP contribution is -2.13. The molecular formula is C13H16N2O. The smallest absolute Gasteiger partial charge is 0.125 e. The van der Waals surface area contributed by atoms with Crippen LogP contribution in [-0.4, -0.2) is 35.1 Å². The van der Waals surface area contributed by atoms with Gasteiger partial charge in [-0.15, -0.1) is 0 Å². The summed E-state index contributed by atoms with van der Waals surface area (Å²) in [5.41, 5.74) is 2.29. The summed E-state index contributed by atoms with van der Waals surface area (Å²) in [6.45, 7) is 2.23. The number of rotatable bonds is 1. The first-order valence-corrected chi connectivity index (χ1v) is 5.73. The molecule has 3 nitrogen and oxygen atoms in total. The van der Waals surface area contributed by atoms with Crippen molar-refractivity contribution in [3.63, 3.8) is 0 Å². The standard InChI is InChI=1S/C13H16N2O/c1-15-6-5-9(8-15)10-7-14-11-3-2-4-12(16)13(10)11/h2-4,7,9,14,16H,5-6,8H2,1H3/t9-/m0/s1. The quantitative estimate of drug-likeness (QED) is 0.767. The molecule has 2 N–H and O–H groups in total. The molecule has 3 rings (SSSR count). The van der Waals surface area contributed by atoms with Gasteiger partial charge in [0.15, 0.2) is 0 Å². The van der Waals surface area contributed by atoms with E-state index in [2.05, 4.69) is 16.9 Å². The lowest BCUT2D eigenvalue weighted by atomic mass is 9.97. The number of likely N-dealkylation sites (N-methyl/N-ethyl adjacent to an activating group) is 1. The number of likely N-dealkylation sites (tertiary alicyclic amines) is 1. The number of nitrogens with zero attached hydrogens (tertiary/aromatic N) is 1. The van der Waals surface area contributed by atoms with Gasteiger partial charge in [-0.1, -0.05) is 6.07 Å². The van der Waals surface area contributed by atoms with Gasteiger partial charge in [-0.3, -0.25) is 0 Å². The number of aromatic hydroxyl groups is 1. The molecule has 1 aliphatic heterocycles. The topological polar surface area (TPSA) is 39.3 Å². The highest BCUT2D eigenvalue weighted by Crippen LogP contribution is 2.36. The van der Waals surface area contributed by atoms with Crippen LogP contribution in [0.1, 0.15) is 17.9 Å². The first-order valence-electron chi connectivity index (χ1n) is 5.73. The Bertz CT molecular complexity index is 518. The van der Waals surface area contributed by atoms with Crippen molar-refractivity contribution < 1.29 is 5.11 Å². The number of hydrogen-bond donors (Lipinski definition) is 2. The number of H-pyrrole nitrogens is 1. The number of phenols is 1. The first-order chi connectivity index (χ1) is 7.75. The summed E-state index contributed by atoms with van der Waals surface area (Å²) in [5, 5.41) is 10.9. The Balaban J connectivity index is 2.10. The fraction of sp³-hybridized carbons (Fsp3) is 0.385. The molecule has 1 aromatic heterocycles. The lowest BCUT2D eigenvalue weighted by molar-refractivity contribution is 0.411. The molecule has 0 aliphatic carbocycles. The monoisotopic (exact) mass is 216 g/mol. The first kappa shape index (κ1) is 9.73. The zero-order chi connectivity index (χ0) is 11.1. The van der Waals surface area contributed by atoms with Gasteiger partial charge in [-0.25, -0.2) is 0 Å². The zero-order valence-electron chi connectivity index (χ0n) is 9.40. The normalized spacial score (nSPS) is 21.9. The largest absolute Gasteiger partial charge is 0.507 e. The predicted octanol–water partition coefficient (Wildman–Crippen LogP) is 2.29. The molecule has 0 saturated carbocycles. The molecule has 3 heteroatoms. The fourth-order valence-electron chi connectivity index (χ4n) is 2.70. The van der Waals surface area contributed by atoms with Gasteiger partial charge in [0.2, 0.25) is 0 Å². The Morgan fingerprint density at radius 2 is 2.31 bits per heavy atom. The van der Waals surface area contributed by atoms with E-state index in [0.29, 0.717) is 11.7 Å². The van der Waals surface area contributed by atoms with Crippen molar-refractivity contribution in [2.24, 2.45) is 0 Å². The van der Waals surface area contributed by atoms with Crippen LogP contribution in [0.2, 0.25) is 0 Å². The van der Waals surface area contributed by atoms with Crippen LogP contribution < -0.4 is 0 Å². The molecule has 84 valence electrons. The van der Waals surface area contributed by atoms with Crippen molar-refractivity contribution in [2.75, 3.05) is 20.1 Å². The van der Waals surface area contributed by atoms with Crippen LogP contribution in [0.25, 0.3) is 10.9 Å². The van der Waals surface area contributed by atoms with E-state index in [4.69, 9.17) is 0 Å². The number of aromatic nitrogens is 1. The highest BCUT2D eigenvalue weighted by Gasteiger charge is 2.24. The average Bonchev–Trinajstić information content (AvgIpc) is 2.84. The van der Waals surface area contributed by atoms with E-state index in [0.717, 1.165) is 24.0 Å². The second-order valence-electron chi connectivity index (χ2n) is 4.69. The van der Waals surface area contributed by atoms with Gasteiger partial charge in [-0.2, -0.15) is 0 Å². The highest BCUT2D eigenvalue weighted by molar-refractivity contribution is 5.89. The fourth-order valence-corrected chi connectivity index (χ4v) is 2.70. The Hall–Kier alpha value is -1.48. The minimum Gasteiger partial charge on any atom is -0.507 e. The summed E-state index contributed by atoms with van der Waals surface area (Å²) in [4.78, 5) is 5.58. The van der Waals surface area contributed by atoms with Crippen LogP contribution in [0.5, 0.6) is 5.75 Å². The molecule has 1 aromatic carbocycles. The van der Waals surface area contributed by atoms with Crippen LogP contribution in [0.4, 0.5) is 0 Å². The van der Waals surface area contributed by atoms with Crippen molar-refractivity contribution in [3.8, 4) is 5.75 Å². The van der Waals surface area contributed by atoms with E-state index in [1.54, 1.807) is 6.07 Å². The lowest BCUT2D eigenvalue weighted by Gasteiger charge is -2.09. The van der Waals surface area contributed by atoms with Crippen LogP contribution in [-0.2, 0) is 0 Å². The van der Waals surface area contributed by atoms with Gasteiger partial charge in [0.1, 0.15) is 5.75 Å². The Kier molecular flexibility index (Phi) is 2.14. The van der Waals surface area contributed by atoms with Crippen molar-refractivity contribution in [1.82, 2.24) is 9.88 Å². The molecule has 0 radical (unpaired) electrons. The Labute approximate surface area is 94.7 Å². The van der Waals surface area contributed by atoms with Gasteiger partial charge in [0.05, 0.1) is 0 Å². The molecule has 1 atom stereocenters. The van der Waals surface area contributed by atoms with E-state index in [1.807, 2.05) is 18.3 Å². The van der Waals surface area contributed by atoms with E-state index in [9.17, 15) is 5.11 Å². The summed E-state index contributed by atoms with van der Waals surface area (Å²) >= 11 is 0. The number of hydrogen-bond acceptors (Lipinski definition) is 2. The molecule has 1 saturated heterocycles. The summed E-state index contributed by atoms with van der Waals surface area (Å²) in [6, 6.07) is 5.65. The predicted molar refractivity (Wildman–Crippen MR) is 64.8 cm³/mol. The second kappa shape index (κ2) is 3.52. The number of nitrogens with one attached hydrogen (secondary N) is 1. The van der Waals surface area contributed by atoms with Gasteiger partial charge in [0.25, 0.3) is 0 Å². The molecule has 0 spiro atoms. The van der Waals surface area contributed by atoms with E-state index >= 15 is 0 Å². The minimum atomic E-state index is 0.392. The molecule has 1 fully saturated rings. The van der Waals surface area contributed by atoms with Crippen LogP contribution >= 0.6 is 0 Å². The molecule has 2 heterocycles. The third-order valence-corrected chi connectivity index (χ3v) is 3.55. The van der Waals surface area contributed by atoms with E-state index in [-0.39, 0.29) is 0 Å². The minimum absolute atomic E-state index is 0.392. The summed E-state index contributed by atoms with van der Waals surface area (Å²) in [7, 11) is 2.15. The summed E-state index contributed by atoms with van der Waals surface area (Å²) in [6.07, 6.45) is 3.23. The SMILES string of the molecule is CN1CC[C@H](c2c[nH]c3cccc(O)c23)C1. The summed E-state index contributed by atoms with van der Waals surface area (Å²) in [5.74, 6) is 0.940. The van der Waals surface area contributed by atoms with Gasteiger partial charge in [0, 0.05) is 29.6 Å². The Morgan fingerprint density at radius 1 is 1.44 bits per heavy atom. The molecule has 0 unspecified atom stereocenters. The number of aromatic amines is 1. The van der Waals surface area contributed by atoms with E-state index in [1.165, 1.54) is 12.0 Å². The maximum Gasteiger partial charge on any atom is 0.125 e. The van der Waals surface area contributed by atoms with E-state index < -0.39 is 0 Å². The molecule has 0 bridgehead atoms. The highest BCUT2D eigenvalue weighted by atomic mass is 16.3. The third kappa shape index (κ3) is 1.39. The van der Waals surface area contributed by atoms with Crippen molar-refractivity contribution >= 4 is 10.9 Å². The molecular weight excluding hydrogens is 200 g/mol. The molecule has 1 aliphatic rings. The maximum atomic E-state index is 9.93. The average molecular weight is 216 g/mol. The molecule has 0 amide bonds. The Morgan fingerprint density at radius 3 is 3.06 bits per heavy atom. The molecule has 2 aromatic rings. The van der Waals surface area contributed by atoms with Crippen molar-refractivity contribution in [1.29, 1.82) is 0 Å². The second-order valence-corrected chi connectivity index (χ2v) is 4.69. The van der Waals surface area contributed by atoms with Crippen molar-refractivity contribution in [3.05, 3.63) is 30.0 Å². The number of benzene rings is 1. The van der Waals surface area contributed by atoms with Crippen LogP contribution in [0.3, 0.4) is 0 Å². The van der Waals surface area contributed by atoms with Crippen LogP contribution in [0.15, 0.2) is 24.4 Å². The van der Waals surface area contributed by atoms with Gasteiger partial charge < -0.3 is 15.0 Å². The van der Waals surface area contributed by atoms with Crippen LogP contribution in [0, 0.1) is 0 Å². The summed E-state index contributed by atoms with van der Waals surface area (Å²) < 4.78 is 0. The van der Waals surface area contributed by atoms with Crippen molar-refractivity contribution in [2.45, 2.75) is 12.3 Å². The third-order valence-electron chi connectivity index (χ3n) is 3.55. The number of fused-ring (bicyclic) bond motifs is 1. The zero-order valence-corrected chi connectivity index (χ0v) is 9.40.